The van der Waals surface area contributed by atoms with Crippen molar-refractivity contribution in [3.05, 3.63) is 64.1 Å². The lowest BCUT2D eigenvalue weighted by Crippen LogP contribution is -2.41. The summed E-state index contributed by atoms with van der Waals surface area (Å²) >= 11 is 3.47. The van der Waals surface area contributed by atoms with Gasteiger partial charge in [-0.1, -0.05) is 90.9 Å². The van der Waals surface area contributed by atoms with Crippen LogP contribution in [0.15, 0.2) is 53.0 Å². The number of halogens is 1. The fraction of sp³-hybridized carbons (Fsp3) is 0.600. The molecule has 1 saturated heterocycles. The zero-order valence-corrected chi connectivity index (χ0v) is 23.2. The minimum absolute atomic E-state index is 0.240. The van der Waals surface area contributed by atoms with E-state index in [1.54, 1.807) is 0 Å². The molecule has 184 valence electrons. The van der Waals surface area contributed by atoms with Gasteiger partial charge in [0.2, 0.25) is 0 Å². The molecule has 2 saturated carbocycles. The van der Waals surface area contributed by atoms with Gasteiger partial charge in [-0.05, 0) is 93.9 Å². The smallest absolute Gasteiger partial charge is 0.399 e. The van der Waals surface area contributed by atoms with E-state index in [9.17, 15) is 0 Å². The summed E-state index contributed by atoms with van der Waals surface area (Å²) in [6.45, 7) is 8.40. The van der Waals surface area contributed by atoms with Crippen LogP contribution < -0.4 is 5.46 Å². The molecule has 2 aromatic rings. The SMILES string of the molecule is Brc1ccc(C2CCCCC2)cc1.CC1(C)OB(c2ccc(C3CCCCC3)cc2)OC1(C)C. The molecule has 0 unspecified atom stereocenters. The highest BCUT2D eigenvalue weighted by molar-refractivity contribution is 9.10. The van der Waals surface area contributed by atoms with E-state index in [2.05, 4.69) is 92.2 Å². The second kappa shape index (κ2) is 11.3. The van der Waals surface area contributed by atoms with E-state index in [4.69, 9.17) is 9.31 Å². The summed E-state index contributed by atoms with van der Waals surface area (Å²) in [6.07, 6.45) is 13.9. The molecule has 0 amide bonds. The fourth-order valence-corrected chi connectivity index (χ4v) is 5.78. The Morgan fingerprint density at radius 2 is 1.00 bits per heavy atom. The molecule has 2 aromatic carbocycles. The highest BCUT2D eigenvalue weighted by Gasteiger charge is 2.51. The lowest BCUT2D eigenvalue weighted by Gasteiger charge is -2.32. The van der Waals surface area contributed by atoms with Crippen LogP contribution in [0.25, 0.3) is 0 Å². The molecule has 0 N–H and O–H groups in total. The topological polar surface area (TPSA) is 18.5 Å². The molecule has 2 nitrogen and oxygen atoms in total. The number of hydrogen-bond donors (Lipinski definition) is 0. The first-order valence-corrected chi connectivity index (χ1v) is 14.3. The zero-order chi connectivity index (χ0) is 24.2. The van der Waals surface area contributed by atoms with Crippen LogP contribution in [-0.2, 0) is 9.31 Å². The molecule has 1 heterocycles. The van der Waals surface area contributed by atoms with Crippen molar-refractivity contribution in [1.82, 2.24) is 0 Å². The summed E-state index contributed by atoms with van der Waals surface area (Å²) in [7, 11) is -0.240. The van der Waals surface area contributed by atoms with Crippen molar-refractivity contribution >= 4 is 28.5 Å². The van der Waals surface area contributed by atoms with E-state index in [1.165, 1.54) is 79.8 Å². The van der Waals surface area contributed by atoms with Crippen LogP contribution in [0, 0.1) is 0 Å². The average Bonchev–Trinajstić information content (AvgIpc) is 3.08. The van der Waals surface area contributed by atoms with E-state index in [-0.39, 0.29) is 18.3 Å². The van der Waals surface area contributed by atoms with Crippen LogP contribution in [0.4, 0.5) is 0 Å². The summed E-state index contributed by atoms with van der Waals surface area (Å²) in [6, 6.07) is 17.8. The van der Waals surface area contributed by atoms with Crippen molar-refractivity contribution in [2.24, 2.45) is 0 Å². The largest absolute Gasteiger partial charge is 0.494 e. The first-order valence-electron chi connectivity index (χ1n) is 13.5. The van der Waals surface area contributed by atoms with Crippen LogP contribution in [-0.4, -0.2) is 18.3 Å². The average molecular weight is 525 g/mol. The van der Waals surface area contributed by atoms with Gasteiger partial charge < -0.3 is 9.31 Å². The predicted molar refractivity (Wildman–Crippen MR) is 148 cm³/mol. The predicted octanol–water partition coefficient (Wildman–Crippen LogP) is 8.53. The van der Waals surface area contributed by atoms with Crippen LogP contribution in [0.1, 0.15) is 115 Å². The molecule has 5 rings (SSSR count). The van der Waals surface area contributed by atoms with E-state index < -0.39 is 0 Å². The Morgan fingerprint density at radius 3 is 1.41 bits per heavy atom. The van der Waals surface area contributed by atoms with Gasteiger partial charge in [-0.2, -0.15) is 0 Å². The lowest BCUT2D eigenvalue weighted by molar-refractivity contribution is 0.00578. The van der Waals surface area contributed by atoms with E-state index in [1.807, 2.05) is 0 Å². The standard InChI is InChI=1S/C18H27BO2.C12H15Br/c1-17(2)18(3,4)21-19(20-17)16-12-10-15(11-13-16)14-8-6-5-7-9-14;13-12-8-6-11(7-9-12)10-4-2-1-3-5-10/h10-14H,5-9H2,1-4H3;6-10H,1-5H2. The zero-order valence-electron chi connectivity index (χ0n) is 21.6. The summed E-state index contributed by atoms with van der Waals surface area (Å²) in [5, 5.41) is 0. The van der Waals surface area contributed by atoms with Gasteiger partial charge in [-0.3, -0.25) is 0 Å². The Hall–Kier alpha value is -1.10. The van der Waals surface area contributed by atoms with Gasteiger partial charge in [0.05, 0.1) is 11.2 Å². The number of benzene rings is 2. The molecular weight excluding hydrogens is 483 g/mol. The van der Waals surface area contributed by atoms with Crippen LogP contribution in [0.3, 0.4) is 0 Å². The van der Waals surface area contributed by atoms with E-state index >= 15 is 0 Å². The van der Waals surface area contributed by atoms with Crippen molar-refractivity contribution in [3.8, 4) is 0 Å². The van der Waals surface area contributed by atoms with Gasteiger partial charge in [-0.15, -0.1) is 0 Å². The number of rotatable bonds is 3. The molecule has 0 spiro atoms. The van der Waals surface area contributed by atoms with Crippen molar-refractivity contribution in [3.63, 3.8) is 0 Å². The number of hydrogen-bond acceptors (Lipinski definition) is 2. The Morgan fingerprint density at radius 1 is 0.618 bits per heavy atom. The van der Waals surface area contributed by atoms with Gasteiger partial charge in [0.25, 0.3) is 0 Å². The molecular formula is C30H42BBrO2. The Kier molecular flexibility index (Phi) is 8.64. The Labute approximate surface area is 216 Å². The summed E-state index contributed by atoms with van der Waals surface area (Å²) in [5.41, 5.74) is 3.62. The minimum Gasteiger partial charge on any atom is -0.399 e. The van der Waals surface area contributed by atoms with Crippen molar-refractivity contribution in [2.45, 2.75) is 115 Å². The summed E-state index contributed by atoms with van der Waals surface area (Å²) < 4.78 is 13.4. The molecule has 2 aliphatic carbocycles. The van der Waals surface area contributed by atoms with Crippen molar-refractivity contribution < 1.29 is 9.31 Å². The lowest BCUT2D eigenvalue weighted by atomic mass is 9.77. The first-order chi connectivity index (χ1) is 16.2. The third-order valence-corrected chi connectivity index (χ3v) is 9.01. The summed E-state index contributed by atoms with van der Waals surface area (Å²) in [5.74, 6) is 1.59. The molecule has 34 heavy (non-hydrogen) atoms. The molecule has 4 heteroatoms. The second-order valence-corrected chi connectivity index (χ2v) is 12.4. The van der Waals surface area contributed by atoms with Gasteiger partial charge >= 0.3 is 7.12 Å². The molecule has 3 aliphatic rings. The minimum atomic E-state index is -0.264. The highest BCUT2D eigenvalue weighted by Crippen LogP contribution is 2.37. The van der Waals surface area contributed by atoms with Crippen LogP contribution in [0.2, 0.25) is 0 Å². The third-order valence-electron chi connectivity index (χ3n) is 8.49. The molecule has 1 aliphatic heterocycles. The Balaban J connectivity index is 0.000000180. The quantitative estimate of drug-likeness (QED) is 0.374. The van der Waals surface area contributed by atoms with Gasteiger partial charge in [-0.25, -0.2) is 0 Å². The maximum Gasteiger partial charge on any atom is 0.494 e. The monoisotopic (exact) mass is 524 g/mol. The fourth-order valence-electron chi connectivity index (χ4n) is 5.51. The highest BCUT2D eigenvalue weighted by atomic mass is 79.9. The summed E-state index contributed by atoms with van der Waals surface area (Å²) in [4.78, 5) is 0. The molecule has 0 atom stereocenters. The molecule has 0 radical (unpaired) electrons. The van der Waals surface area contributed by atoms with Crippen molar-refractivity contribution in [2.75, 3.05) is 0 Å². The third kappa shape index (κ3) is 6.36. The van der Waals surface area contributed by atoms with Crippen molar-refractivity contribution in [1.29, 1.82) is 0 Å². The van der Waals surface area contributed by atoms with Crippen LogP contribution >= 0.6 is 15.9 Å². The normalized spacial score (nSPS) is 22.8. The van der Waals surface area contributed by atoms with Gasteiger partial charge in [0, 0.05) is 4.47 Å². The Bertz CT molecular complexity index is 878. The van der Waals surface area contributed by atoms with Crippen LogP contribution in [0.5, 0.6) is 0 Å². The van der Waals surface area contributed by atoms with E-state index in [0.717, 1.165) is 17.3 Å². The maximum absolute atomic E-state index is 6.11. The van der Waals surface area contributed by atoms with Gasteiger partial charge in [0.1, 0.15) is 0 Å². The first kappa shape index (κ1) is 26.0. The van der Waals surface area contributed by atoms with Gasteiger partial charge in [0.15, 0.2) is 0 Å². The van der Waals surface area contributed by atoms with E-state index in [0.29, 0.717) is 0 Å². The molecule has 0 aromatic heterocycles. The molecule has 3 fully saturated rings. The second-order valence-electron chi connectivity index (χ2n) is 11.5. The maximum atomic E-state index is 6.11. The molecule has 0 bridgehead atoms.